The Bertz CT molecular complexity index is 751. The number of carbonyl (C=O) groups excluding carboxylic acids is 1. The number of amides is 1. The molecule has 1 aliphatic heterocycles. The van der Waals surface area contributed by atoms with Gasteiger partial charge in [-0.25, -0.2) is 4.39 Å². The van der Waals surface area contributed by atoms with Crippen molar-refractivity contribution < 1.29 is 18.7 Å². The van der Waals surface area contributed by atoms with Gasteiger partial charge in [-0.3, -0.25) is 4.79 Å². The van der Waals surface area contributed by atoms with Crippen molar-refractivity contribution in [3.05, 3.63) is 53.8 Å². The molecule has 0 radical (unpaired) electrons. The molecule has 25 heavy (non-hydrogen) atoms. The van der Waals surface area contributed by atoms with Gasteiger partial charge in [0.15, 0.2) is 6.10 Å². The van der Waals surface area contributed by atoms with E-state index in [2.05, 4.69) is 5.32 Å². The lowest BCUT2D eigenvalue weighted by Gasteiger charge is -2.27. The number of methoxy groups -OCH3 is 1. The van der Waals surface area contributed by atoms with Gasteiger partial charge in [-0.15, -0.1) is 11.8 Å². The molecule has 2 aromatic rings. The van der Waals surface area contributed by atoms with Crippen molar-refractivity contribution in [1.29, 1.82) is 0 Å². The minimum absolute atomic E-state index is 0.193. The van der Waals surface area contributed by atoms with Crippen molar-refractivity contribution >= 4 is 17.7 Å². The molecule has 0 aromatic heterocycles. The number of thioether (sulfide) groups is 1. The van der Waals surface area contributed by atoms with Gasteiger partial charge in [0.2, 0.25) is 0 Å². The van der Waals surface area contributed by atoms with E-state index in [-0.39, 0.29) is 17.8 Å². The molecule has 0 bridgehead atoms. The summed E-state index contributed by atoms with van der Waals surface area (Å²) in [4.78, 5) is 13.5. The zero-order valence-corrected chi connectivity index (χ0v) is 14.9. The first kappa shape index (κ1) is 17.6. The lowest BCUT2D eigenvalue weighted by Crippen LogP contribution is -2.39. The van der Waals surface area contributed by atoms with E-state index in [9.17, 15) is 9.18 Å². The van der Waals surface area contributed by atoms with Gasteiger partial charge >= 0.3 is 0 Å². The largest absolute Gasteiger partial charge is 0.497 e. The van der Waals surface area contributed by atoms with Crippen LogP contribution < -0.4 is 14.8 Å². The Hall–Kier alpha value is -2.21. The lowest BCUT2D eigenvalue weighted by molar-refractivity contribution is -0.128. The van der Waals surface area contributed by atoms with Crippen molar-refractivity contribution in [1.82, 2.24) is 5.32 Å². The molecule has 1 amide bonds. The Morgan fingerprint density at radius 2 is 1.96 bits per heavy atom. The maximum Gasteiger partial charge on any atom is 0.261 e. The molecule has 0 saturated heterocycles. The summed E-state index contributed by atoms with van der Waals surface area (Å²) >= 11 is 1.68. The average Bonchev–Trinajstić information content (AvgIpc) is 2.62. The first-order valence-electron chi connectivity index (χ1n) is 8.10. The second-order valence-corrected chi connectivity index (χ2v) is 6.95. The fourth-order valence-electron chi connectivity index (χ4n) is 2.72. The van der Waals surface area contributed by atoms with E-state index in [4.69, 9.17) is 9.47 Å². The zero-order chi connectivity index (χ0) is 17.8. The minimum atomic E-state index is -0.653. The van der Waals surface area contributed by atoms with Crippen molar-refractivity contribution in [2.45, 2.75) is 30.4 Å². The molecule has 2 aromatic carbocycles. The van der Waals surface area contributed by atoms with E-state index >= 15 is 0 Å². The molecule has 0 saturated carbocycles. The topological polar surface area (TPSA) is 47.6 Å². The van der Waals surface area contributed by atoms with Crippen LogP contribution in [0, 0.1) is 5.82 Å². The number of hydrogen-bond donors (Lipinski definition) is 1. The number of benzene rings is 2. The number of ether oxygens (including phenoxy) is 2. The van der Waals surface area contributed by atoms with Crippen LogP contribution in [0.15, 0.2) is 47.4 Å². The number of rotatable bonds is 5. The van der Waals surface area contributed by atoms with Gasteiger partial charge < -0.3 is 14.8 Å². The van der Waals surface area contributed by atoms with Crippen molar-refractivity contribution in [3.8, 4) is 11.5 Å². The SMILES string of the molecule is COc1ccc(OC(C)C(=O)NC2CCSc3ccc(F)cc32)cc1. The third-order valence-electron chi connectivity index (χ3n) is 4.07. The van der Waals surface area contributed by atoms with Crippen LogP contribution in [-0.2, 0) is 4.79 Å². The lowest BCUT2D eigenvalue weighted by atomic mass is 10.0. The Morgan fingerprint density at radius 1 is 1.24 bits per heavy atom. The monoisotopic (exact) mass is 361 g/mol. The molecule has 0 fully saturated rings. The highest BCUT2D eigenvalue weighted by molar-refractivity contribution is 7.99. The fraction of sp³-hybridized carbons (Fsp3) is 0.316. The Kier molecular flexibility index (Phi) is 5.48. The molecular formula is C19H20FNO3S. The molecule has 4 nitrogen and oxygen atoms in total. The molecule has 3 rings (SSSR count). The summed E-state index contributed by atoms with van der Waals surface area (Å²) in [5.74, 6) is 1.69. The molecule has 2 atom stereocenters. The molecule has 2 unspecified atom stereocenters. The first-order valence-corrected chi connectivity index (χ1v) is 9.08. The van der Waals surface area contributed by atoms with E-state index in [1.54, 1.807) is 56.1 Å². The fourth-order valence-corrected chi connectivity index (χ4v) is 3.82. The molecular weight excluding hydrogens is 341 g/mol. The number of fused-ring (bicyclic) bond motifs is 1. The molecule has 132 valence electrons. The van der Waals surface area contributed by atoms with Gasteiger partial charge in [-0.1, -0.05) is 0 Å². The van der Waals surface area contributed by atoms with E-state index in [0.29, 0.717) is 5.75 Å². The van der Waals surface area contributed by atoms with Gasteiger partial charge in [0.05, 0.1) is 13.2 Å². The standard InChI is InChI=1S/C19H20FNO3S/c1-12(24-15-6-4-14(23-2)5-7-15)19(22)21-17-9-10-25-18-8-3-13(20)11-16(17)18/h3-8,11-12,17H,9-10H2,1-2H3,(H,21,22). The summed E-state index contributed by atoms with van der Waals surface area (Å²) in [5, 5.41) is 2.98. The van der Waals surface area contributed by atoms with Crippen LogP contribution in [0.4, 0.5) is 4.39 Å². The zero-order valence-electron chi connectivity index (χ0n) is 14.1. The third kappa shape index (κ3) is 4.25. The summed E-state index contributed by atoms with van der Waals surface area (Å²) in [7, 11) is 1.59. The summed E-state index contributed by atoms with van der Waals surface area (Å²) in [6, 6.07) is 11.6. The quantitative estimate of drug-likeness (QED) is 0.876. The predicted molar refractivity (Wildman–Crippen MR) is 95.7 cm³/mol. The van der Waals surface area contributed by atoms with Gasteiger partial charge in [-0.2, -0.15) is 0 Å². The number of hydrogen-bond acceptors (Lipinski definition) is 4. The molecule has 6 heteroatoms. The van der Waals surface area contributed by atoms with Gasteiger partial charge in [-0.05, 0) is 61.4 Å². The smallest absolute Gasteiger partial charge is 0.261 e. The second kappa shape index (κ2) is 7.78. The maximum atomic E-state index is 13.6. The third-order valence-corrected chi connectivity index (χ3v) is 5.19. The van der Waals surface area contributed by atoms with Crippen LogP contribution in [0.2, 0.25) is 0 Å². The summed E-state index contributed by atoms with van der Waals surface area (Å²) in [6.45, 7) is 1.70. The van der Waals surface area contributed by atoms with Crippen LogP contribution in [0.1, 0.15) is 24.9 Å². The van der Waals surface area contributed by atoms with Gasteiger partial charge in [0.1, 0.15) is 17.3 Å². The maximum absolute atomic E-state index is 13.6. The summed E-state index contributed by atoms with van der Waals surface area (Å²) in [5.41, 5.74) is 0.834. The highest BCUT2D eigenvalue weighted by Gasteiger charge is 2.25. The number of nitrogens with one attached hydrogen (secondary N) is 1. The molecule has 1 heterocycles. The van der Waals surface area contributed by atoms with Crippen LogP contribution in [0.25, 0.3) is 0 Å². The Balaban J connectivity index is 1.65. The number of halogens is 1. The first-order chi connectivity index (χ1) is 12.1. The van der Waals surface area contributed by atoms with Crippen LogP contribution in [0.3, 0.4) is 0 Å². The summed E-state index contributed by atoms with van der Waals surface area (Å²) in [6.07, 6.45) is 0.113. The van der Waals surface area contributed by atoms with E-state index in [0.717, 1.165) is 28.4 Å². The van der Waals surface area contributed by atoms with E-state index < -0.39 is 6.10 Å². The predicted octanol–water partition coefficient (Wildman–Crippen LogP) is 3.95. The Labute approximate surface area is 150 Å². The number of carbonyl (C=O) groups is 1. The Morgan fingerprint density at radius 3 is 2.68 bits per heavy atom. The van der Waals surface area contributed by atoms with Crippen LogP contribution in [0.5, 0.6) is 11.5 Å². The molecule has 0 aliphatic carbocycles. The highest BCUT2D eigenvalue weighted by Crippen LogP contribution is 2.36. The van der Waals surface area contributed by atoms with Crippen molar-refractivity contribution in [2.24, 2.45) is 0 Å². The van der Waals surface area contributed by atoms with E-state index in [1.165, 1.54) is 12.1 Å². The minimum Gasteiger partial charge on any atom is -0.497 e. The van der Waals surface area contributed by atoms with Crippen LogP contribution in [-0.4, -0.2) is 24.9 Å². The highest BCUT2D eigenvalue weighted by atomic mass is 32.2. The average molecular weight is 361 g/mol. The van der Waals surface area contributed by atoms with Crippen molar-refractivity contribution in [3.63, 3.8) is 0 Å². The van der Waals surface area contributed by atoms with Crippen molar-refractivity contribution in [2.75, 3.05) is 12.9 Å². The normalized spacial score (nSPS) is 17.3. The van der Waals surface area contributed by atoms with Gasteiger partial charge in [0.25, 0.3) is 5.91 Å². The van der Waals surface area contributed by atoms with Gasteiger partial charge in [0, 0.05) is 10.6 Å². The molecule has 1 aliphatic rings. The molecule has 0 spiro atoms. The van der Waals surface area contributed by atoms with Crippen LogP contribution >= 0.6 is 11.8 Å². The van der Waals surface area contributed by atoms with E-state index in [1.807, 2.05) is 0 Å². The summed E-state index contributed by atoms with van der Waals surface area (Å²) < 4.78 is 24.3. The second-order valence-electron chi connectivity index (χ2n) is 5.82. The molecule has 1 N–H and O–H groups in total.